The Hall–Kier alpha value is -1.81. The molecule has 2 saturated heterocycles. The lowest BCUT2D eigenvalue weighted by molar-refractivity contribution is 0.0877. The minimum absolute atomic E-state index is 0.0693. The van der Waals surface area contributed by atoms with Crippen molar-refractivity contribution in [3.63, 3.8) is 0 Å². The molecule has 3 atom stereocenters. The number of fused-ring (bicyclic) bond motifs is 3. The monoisotopic (exact) mass is 311 g/mol. The summed E-state index contributed by atoms with van der Waals surface area (Å²) in [6, 6.07) is 9.77. The maximum absolute atomic E-state index is 12.8. The molecule has 0 spiro atoms. The number of piperidine rings is 1. The highest BCUT2D eigenvalue weighted by atomic mass is 16.2. The van der Waals surface area contributed by atoms with Crippen LogP contribution in [0.15, 0.2) is 30.5 Å². The van der Waals surface area contributed by atoms with Crippen molar-refractivity contribution in [2.75, 3.05) is 7.05 Å². The van der Waals surface area contributed by atoms with E-state index >= 15 is 0 Å². The molecule has 4 heteroatoms. The fourth-order valence-corrected chi connectivity index (χ4v) is 4.47. The third-order valence-electron chi connectivity index (χ3n) is 5.81. The Kier molecular flexibility index (Phi) is 3.64. The summed E-state index contributed by atoms with van der Waals surface area (Å²) in [7, 11) is 2.23. The summed E-state index contributed by atoms with van der Waals surface area (Å²) in [6.07, 6.45) is 7.66. The number of amides is 1. The van der Waals surface area contributed by atoms with E-state index in [-0.39, 0.29) is 5.91 Å². The first kappa shape index (κ1) is 14.8. The van der Waals surface area contributed by atoms with Crippen molar-refractivity contribution >= 4 is 11.4 Å². The molecule has 2 aromatic heterocycles. The zero-order valence-corrected chi connectivity index (χ0v) is 14.0. The lowest BCUT2D eigenvalue weighted by Gasteiger charge is -2.36. The molecule has 4 heterocycles. The van der Waals surface area contributed by atoms with E-state index in [4.69, 9.17) is 0 Å². The molecule has 2 fully saturated rings. The van der Waals surface area contributed by atoms with E-state index in [1.165, 1.54) is 18.4 Å². The van der Waals surface area contributed by atoms with E-state index in [9.17, 15) is 4.79 Å². The Morgan fingerprint density at radius 3 is 2.70 bits per heavy atom. The summed E-state index contributed by atoms with van der Waals surface area (Å²) in [6.45, 7) is 2.14. The summed E-state index contributed by atoms with van der Waals surface area (Å²) < 4.78 is 2.03. The average molecular weight is 311 g/mol. The number of nitrogens with zero attached hydrogens (tertiary/aromatic N) is 2. The topological polar surface area (TPSA) is 36.8 Å². The molecule has 4 rings (SSSR count). The standard InChI is InChI=1S/C19H25N3O/c1-3-13-10-18(22-9-5-4-6-17(13)22)19(23)20-14-11-15-7-8-16(12-14)21(15)2/h4-6,9-10,14-16H,3,7-8,11-12H2,1-2H3,(H,20,23)/t14?,15-,16+. The highest BCUT2D eigenvalue weighted by molar-refractivity contribution is 5.95. The third kappa shape index (κ3) is 2.45. The van der Waals surface area contributed by atoms with E-state index in [1.807, 2.05) is 28.8 Å². The van der Waals surface area contributed by atoms with Gasteiger partial charge in [-0.05, 0) is 62.9 Å². The second-order valence-corrected chi connectivity index (χ2v) is 7.06. The number of hydrogen-bond donors (Lipinski definition) is 1. The minimum atomic E-state index is 0.0693. The first-order chi connectivity index (χ1) is 11.2. The zero-order valence-electron chi connectivity index (χ0n) is 14.0. The van der Waals surface area contributed by atoms with Crippen LogP contribution in [0.1, 0.15) is 48.7 Å². The van der Waals surface area contributed by atoms with Crippen LogP contribution < -0.4 is 5.32 Å². The smallest absolute Gasteiger partial charge is 0.268 e. The van der Waals surface area contributed by atoms with Crippen LogP contribution in [0.25, 0.3) is 5.52 Å². The van der Waals surface area contributed by atoms with Gasteiger partial charge in [0.1, 0.15) is 5.69 Å². The van der Waals surface area contributed by atoms with Gasteiger partial charge in [0.15, 0.2) is 0 Å². The average Bonchev–Trinajstić information content (AvgIpc) is 3.01. The second-order valence-electron chi connectivity index (χ2n) is 7.06. The van der Waals surface area contributed by atoms with Crippen molar-refractivity contribution in [2.24, 2.45) is 0 Å². The van der Waals surface area contributed by atoms with E-state index in [0.717, 1.165) is 30.5 Å². The van der Waals surface area contributed by atoms with Crippen LogP contribution in [0.2, 0.25) is 0 Å². The van der Waals surface area contributed by atoms with Crippen molar-refractivity contribution in [2.45, 2.75) is 57.2 Å². The van der Waals surface area contributed by atoms with Gasteiger partial charge in [-0.2, -0.15) is 0 Å². The van der Waals surface area contributed by atoms with Gasteiger partial charge < -0.3 is 14.6 Å². The summed E-state index contributed by atoms with van der Waals surface area (Å²) in [4.78, 5) is 15.3. The van der Waals surface area contributed by atoms with Crippen molar-refractivity contribution in [3.05, 3.63) is 41.7 Å². The number of pyridine rings is 1. The molecule has 4 nitrogen and oxygen atoms in total. The fourth-order valence-electron chi connectivity index (χ4n) is 4.47. The first-order valence-corrected chi connectivity index (χ1v) is 8.79. The van der Waals surface area contributed by atoms with Gasteiger partial charge in [-0.25, -0.2) is 0 Å². The predicted octanol–water partition coefficient (Wildman–Crippen LogP) is 2.86. The molecule has 0 aromatic carbocycles. The highest BCUT2D eigenvalue weighted by Gasteiger charge is 2.39. The Morgan fingerprint density at radius 2 is 2.00 bits per heavy atom. The number of hydrogen-bond acceptors (Lipinski definition) is 2. The molecule has 0 aliphatic carbocycles. The van der Waals surface area contributed by atoms with Crippen LogP contribution in [0.5, 0.6) is 0 Å². The third-order valence-corrected chi connectivity index (χ3v) is 5.81. The summed E-state index contributed by atoms with van der Waals surface area (Å²) in [5.41, 5.74) is 3.14. The van der Waals surface area contributed by atoms with Gasteiger partial charge in [0.05, 0.1) is 0 Å². The van der Waals surface area contributed by atoms with Gasteiger partial charge in [-0.15, -0.1) is 0 Å². The second kappa shape index (κ2) is 5.68. The van der Waals surface area contributed by atoms with Crippen LogP contribution in [0.4, 0.5) is 0 Å². The van der Waals surface area contributed by atoms with E-state index < -0.39 is 0 Å². The van der Waals surface area contributed by atoms with E-state index in [0.29, 0.717) is 18.1 Å². The van der Waals surface area contributed by atoms with Crippen LogP contribution in [0, 0.1) is 0 Å². The number of carbonyl (C=O) groups is 1. The molecule has 2 aliphatic heterocycles. The van der Waals surface area contributed by atoms with Crippen molar-refractivity contribution < 1.29 is 4.79 Å². The minimum Gasteiger partial charge on any atom is -0.348 e. The van der Waals surface area contributed by atoms with Gasteiger partial charge in [-0.3, -0.25) is 4.79 Å². The van der Waals surface area contributed by atoms with E-state index in [1.54, 1.807) is 0 Å². The number of carbonyl (C=O) groups excluding carboxylic acids is 1. The molecular formula is C19H25N3O. The van der Waals surface area contributed by atoms with Crippen LogP contribution in [-0.4, -0.2) is 40.4 Å². The molecule has 2 aliphatic rings. The lowest BCUT2D eigenvalue weighted by Crippen LogP contribution is -2.48. The molecule has 1 N–H and O–H groups in total. The largest absolute Gasteiger partial charge is 0.348 e. The molecule has 23 heavy (non-hydrogen) atoms. The number of aromatic nitrogens is 1. The zero-order chi connectivity index (χ0) is 16.0. The summed E-state index contributed by atoms with van der Waals surface area (Å²) >= 11 is 0. The van der Waals surface area contributed by atoms with Gasteiger partial charge in [0.2, 0.25) is 0 Å². The summed E-state index contributed by atoms with van der Waals surface area (Å²) in [5, 5.41) is 3.30. The Bertz CT molecular complexity index is 721. The van der Waals surface area contributed by atoms with Gasteiger partial charge in [0, 0.05) is 29.8 Å². The molecule has 122 valence electrons. The van der Waals surface area contributed by atoms with Crippen molar-refractivity contribution in [1.29, 1.82) is 0 Å². The Labute approximate surface area is 137 Å². The van der Waals surface area contributed by atoms with Gasteiger partial charge >= 0.3 is 0 Å². The van der Waals surface area contributed by atoms with Crippen LogP contribution in [0.3, 0.4) is 0 Å². The molecule has 2 bridgehead atoms. The molecular weight excluding hydrogens is 286 g/mol. The normalized spacial score (nSPS) is 27.5. The first-order valence-electron chi connectivity index (χ1n) is 8.79. The van der Waals surface area contributed by atoms with Crippen LogP contribution in [-0.2, 0) is 6.42 Å². The number of rotatable bonds is 3. The van der Waals surface area contributed by atoms with Gasteiger partial charge in [0.25, 0.3) is 5.91 Å². The predicted molar refractivity (Wildman–Crippen MR) is 91.8 cm³/mol. The fraction of sp³-hybridized carbons (Fsp3) is 0.526. The molecule has 1 unspecified atom stereocenters. The lowest BCUT2D eigenvalue weighted by atomic mass is 9.98. The molecule has 0 radical (unpaired) electrons. The number of aryl methyl sites for hydroxylation is 1. The summed E-state index contributed by atoms with van der Waals surface area (Å²) in [5.74, 6) is 0.0693. The maximum Gasteiger partial charge on any atom is 0.268 e. The Balaban J connectivity index is 1.56. The highest BCUT2D eigenvalue weighted by Crippen LogP contribution is 2.34. The van der Waals surface area contributed by atoms with Crippen LogP contribution >= 0.6 is 0 Å². The molecule has 2 aromatic rings. The quantitative estimate of drug-likeness (QED) is 0.946. The molecule has 1 amide bonds. The number of nitrogens with one attached hydrogen (secondary N) is 1. The molecule has 0 saturated carbocycles. The van der Waals surface area contributed by atoms with Gasteiger partial charge in [-0.1, -0.05) is 13.0 Å². The SMILES string of the molecule is CCc1cc(C(=O)NC2C[C@H]3CC[C@@H](C2)N3C)n2ccccc12. The maximum atomic E-state index is 12.8. The van der Waals surface area contributed by atoms with Crippen molar-refractivity contribution in [1.82, 2.24) is 14.6 Å². The Morgan fingerprint density at radius 1 is 1.26 bits per heavy atom. The van der Waals surface area contributed by atoms with Crippen molar-refractivity contribution in [3.8, 4) is 0 Å². The van der Waals surface area contributed by atoms with E-state index in [2.05, 4.69) is 30.3 Å².